The van der Waals surface area contributed by atoms with Crippen LogP contribution < -0.4 is 5.32 Å². The van der Waals surface area contributed by atoms with E-state index < -0.39 is 17.9 Å². The van der Waals surface area contributed by atoms with Gasteiger partial charge in [0.05, 0.1) is 23.2 Å². The van der Waals surface area contributed by atoms with Crippen molar-refractivity contribution >= 4 is 23.1 Å². The molecule has 178 valence electrons. The largest absolute Gasteiger partial charge is 0.390 e. The van der Waals surface area contributed by atoms with Gasteiger partial charge in [-0.2, -0.15) is 0 Å². The quantitative estimate of drug-likeness (QED) is 0.607. The summed E-state index contributed by atoms with van der Waals surface area (Å²) in [6.45, 7) is 4.78. The smallest absolute Gasteiger partial charge is 0.250 e. The van der Waals surface area contributed by atoms with Gasteiger partial charge in [-0.1, -0.05) is 12.7 Å². The third-order valence-electron chi connectivity index (χ3n) is 6.83. The Hall–Kier alpha value is -2.68. The number of rotatable bonds is 7. The lowest BCUT2D eigenvalue weighted by atomic mass is 9.79. The first kappa shape index (κ1) is 23.5. The number of hydrogen-bond donors (Lipinski definition) is 2. The number of allylic oxidation sites excluding steroid dienone is 2. The maximum Gasteiger partial charge on any atom is 0.250 e. The number of nitrogens with zero attached hydrogens (tertiary/aromatic N) is 3. The van der Waals surface area contributed by atoms with E-state index in [0.717, 1.165) is 12.8 Å². The number of ketones is 1. The summed E-state index contributed by atoms with van der Waals surface area (Å²) in [4.78, 5) is 35.4. The van der Waals surface area contributed by atoms with E-state index in [9.17, 15) is 23.5 Å². The Balaban J connectivity index is 1.36. The highest BCUT2D eigenvalue weighted by atomic mass is 19.3. The third-order valence-corrected chi connectivity index (χ3v) is 6.83. The van der Waals surface area contributed by atoms with Crippen LogP contribution in [-0.4, -0.2) is 62.3 Å². The lowest BCUT2D eigenvalue weighted by Gasteiger charge is -2.36. The lowest BCUT2D eigenvalue weighted by molar-refractivity contribution is -0.132. The van der Waals surface area contributed by atoms with Gasteiger partial charge in [0.25, 0.3) is 5.92 Å². The number of aromatic nitrogens is 2. The second-order valence-electron chi connectivity index (χ2n) is 9.35. The Morgan fingerprint density at radius 2 is 2.06 bits per heavy atom. The molecule has 1 atom stereocenters. The molecule has 1 saturated carbocycles. The first-order valence-corrected chi connectivity index (χ1v) is 11.6. The summed E-state index contributed by atoms with van der Waals surface area (Å²) in [5.74, 6) is -2.59. The van der Waals surface area contributed by atoms with Crippen molar-refractivity contribution in [1.29, 1.82) is 0 Å². The van der Waals surface area contributed by atoms with E-state index in [4.69, 9.17) is 0 Å². The first-order valence-electron chi connectivity index (χ1n) is 11.6. The van der Waals surface area contributed by atoms with Crippen molar-refractivity contribution in [2.24, 2.45) is 0 Å². The Bertz CT molecular complexity index is 972. The first-order chi connectivity index (χ1) is 15.7. The van der Waals surface area contributed by atoms with Crippen LogP contribution in [0.1, 0.15) is 62.8 Å². The van der Waals surface area contributed by atoms with E-state index in [1.807, 2.05) is 0 Å². The number of anilines is 1. The van der Waals surface area contributed by atoms with E-state index in [0.29, 0.717) is 42.3 Å². The van der Waals surface area contributed by atoms with Crippen LogP contribution in [0.5, 0.6) is 0 Å². The number of alkyl halides is 2. The highest BCUT2D eigenvalue weighted by Crippen LogP contribution is 2.41. The van der Waals surface area contributed by atoms with Crippen molar-refractivity contribution in [3.8, 4) is 0 Å². The number of aliphatic hydroxyl groups is 1. The molecule has 0 bridgehead atoms. The highest BCUT2D eigenvalue weighted by Gasteiger charge is 2.44. The summed E-state index contributed by atoms with van der Waals surface area (Å²) in [6.07, 6.45) is 6.52. The molecule has 2 heterocycles. The second kappa shape index (κ2) is 9.29. The molecule has 1 amide bonds. The summed E-state index contributed by atoms with van der Waals surface area (Å²) in [7, 11) is 0. The van der Waals surface area contributed by atoms with Crippen LogP contribution in [0.2, 0.25) is 0 Å². The molecule has 1 unspecified atom stereocenters. The summed E-state index contributed by atoms with van der Waals surface area (Å²) in [5, 5.41) is 13.9. The number of piperidine rings is 1. The molecule has 1 saturated heterocycles. The number of amides is 1. The molecular formula is C24H30F2N4O3. The highest BCUT2D eigenvalue weighted by molar-refractivity contribution is 6.21. The number of Topliss-reactive ketones (excluding diaryl/α,β-unsaturated/α-hetero) is 1. The Morgan fingerprint density at radius 1 is 1.30 bits per heavy atom. The van der Waals surface area contributed by atoms with E-state index in [-0.39, 0.29) is 49.8 Å². The zero-order valence-corrected chi connectivity index (χ0v) is 18.7. The number of carbonyl (C=O) groups is 2. The molecule has 2 N–H and O–H groups in total. The lowest BCUT2D eigenvalue weighted by Crippen LogP contribution is -2.41. The molecule has 1 aliphatic heterocycles. The predicted molar refractivity (Wildman–Crippen MR) is 120 cm³/mol. The summed E-state index contributed by atoms with van der Waals surface area (Å²) < 4.78 is 27.5. The van der Waals surface area contributed by atoms with Crippen LogP contribution in [0, 0.1) is 0 Å². The fourth-order valence-electron chi connectivity index (χ4n) is 5.00. The van der Waals surface area contributed by atoms with Gasteiger partial charge in [-0.05, 0) is 38.2 Å². The molecule has 0 aromatic carbocycles. The summed E-state index contributed by atoms with van der Waals surface area (Å²) in [6, 6.07) is 0.137. The van der Waals surface area contributed by atoms with Gasteiger partial charge in [-0.25, -0.2) is 13.8 Å². The number of hydrogen-bond acceptors (Lipinski definition) is 6. The van der Waals surface area contributed by atoms with Gasteiger partial charge in [-0.3, -0.25) is 14.6 Å². The number of fused-ring (bicyclic) bond motifs is 1. The Kier molecular flexibility index (Phi) is 6.61. The number of carbonyl (C=O) groups excluding carboxylic acids is 2. The molecule has 0 radical (unpaired) electrons. The molecule has 7 nitrogen and oxygen atoms in total. The van der Waals surface area contributed by atoms with Crippen molar-refractivity contribution in [3.05, 3.63) is 36.3 Å². The topological polar surface area (TPSA) is 95.4 Å². The molecule has 2 aliphatic carbocycles. The second-order valence-corrected chi connectivity index (χ2v) is 9.35. The molecular weight excluding hydrogens is 430 g/mol. The van der Waals surface area contributed by atoms with Crippen LogP contribution >= 0.6 is 0 Å². The van der Waals surface area contributed by atoms with Crippen molar-refractivity contribution in [2.75, 3.05) is 18.4 Å². The van der Waals surface area contributed by atoms with Gasteiger partial charge in [0.1, 0.15) is 5.82 Å². The zero-order chi connectivity index (χ0) is 23.6. The van der Waals surface area contributed by atoms with Crippen LogP contribution in [0.25, 0.3) is 5.57 Å². The van der Waals surface area contributed by atoms with Gasteiger partial charge in [0.2, 0.25) is 5.91 Å². The molecule has 9 heteroatoms. The maximum absolute atomic E-state index is 13.7. The van der Waals surface area contributed by atoms with E-state index >= 15 is 0 Å². The normalized spacial score (nSPS) is 24.7. The van der Waals surface area contributed by atoms with Crippen LogP contribution in [0.3, 0.4) is 0 Å². The SMILES string of the molecule is C=CC(=O)N1CCC(Nc2cnc3c(n2)C(C(=O)CCC2(O)CCCC(F)(F)C2)=CC3)CC1. The van der Waals surface area contributed by atoms with Crippen molar-refractivity contribution < 1.29 is 23.5 Å². The number of nitrogens with one attached hydrogen (secondary N) is 1. The fourth-order valence-corrected chi connectivity index (χ4v) is 5.00. The van der Waals surface area contributed by atoms with Gasteiger partial charge in [-0.15, -0.1) is 0 Å². The Morgan fingerprint density at radius 3 is 2.76 bits per heavy atom. The van der Waals surface area contributed by atoms with Gasteiger partial charge in [0.15, 0.2) is 5.78 Å². The standard InChI is InChI=1S/C24H30F2N4O3/c1-2-21(32)30-12-7-16(8-13-30)28-20-14-27-18-5-4-17(22(18)29-20)19(31)6-11-23(33)9-3-10-24(25,26)15-23/h2,4,14,16,33H,1,3,5-13,15H2,(H,28,29). The average molecular weight is 461 g/mol. The van der Waals surface area contributed by atoms with Crippen LogP contribution in [0.15, 0.2) is 24.9 Å². The molecule has 33 heavy (non-hydrogen) atoms. The molecule has 0 spiro atoms. The minimum absolute atomic E-state index is 0.00696. The van der Waals surface area contributed by atoms with E-state index in [2.05, 4.69) is 21.9 Å². The molecule has 1 aromatic heterocycles. The van der Waals surface area contributed by atoms with Gasteiger partial charge < -0.3 is 15.3 Å². The van der Waals surface area contributed by atoms with Crippen molar-refractivity contribution in [3.63, 3.8) is 0 Å². The third kappa shape index (κ3) is 5.46. The Labute approximate surface area is 192 Å². The fraction of sp³-hybridized carbons (Fsp3) is 0.583. The van der Waals surface area contributed by atoms with Crippen LogP contribution in [-0.2, 0) is 16.0 Å². The van der Waals surface area contributed by atoms with Gasteiger partial charge >= 0.3 is 0 Å². The zero-order valence-electron chi connectivity index (χ0n) is 18.7. The van der Waals surface area contributed by atoms with Crippen LogP contribution in [0.4, 0.5) is 14.6 Å². The minimum atomic E-state index is -2.88. The summed E-state index contributed by atoms with van der Waals surface area (Å²) in [5.41, 5.74) is 0.165. The molecule has 3 aliphatic rings. The summed E-state index contributed by atoms with van der Waals surface area (Å²) >= 11 is 0. The van der Waals surface area contributed by atoms with Crippen molar-refractivity contribution in [2.45, 2.75) is 75.4 Å². The average Bonchev–Trinajstić information content (AvgIpc) is 3.20. The number of halogens is 2. The van der Waals surface area contributed by atoms with E-state index in [1.165, 1.54) is 6.08 Å². The molecule has 4 rings (SSSR count). The minimum Gasteiger partial charge on any atom is -0.390 e. The van der Waals surface area contributed by atoms with E-state index in [1.54, 1.807) is 17.2 Å². The maximum atomic E-state index is 13.7. The monoisotopic (exact) mass is 460 g/mol. The molecule has 1 aromatic rings. The molecule has 2 fully saturated rings. The van der Waals surface area contributed by atoms with Gasteiger partial charge in [0, 0.05) is 50.4 Å². The number of likely N-dealkylation sites (tertiary alicyclic amines) is 1. The predicted octanol–water partition coefficient (Wildman–Crippen LogP) is 3.29. The van der Waals surface area contributed by atoms with Crippen molar-refractivity contribution in [1.82, 2.24) is 14.9 Å².